The van der Waals surface area contributed by atoms with Crippen LogP contribution >= 0.6 is 0 Å². The molecule has 2 atom stereocenters. The molecule has 36 heavy (non-hydrogen) atoms. The van der Waals surface area contributed by atoms with Gasteiger partial charge >= 0.3 is 20.2 Å². The largest absolute Gasteiger partial charge is 0.491 e. The number of hydrogen-bond acceptors (Lipinski definition) is 7. The van der Waals surface area contributed by atoms with Crippen LogP contribution in [0.1, 0.15) is 46.4 Å². The van der Waals surface area contributed by atoms with E-state index in [0.717, 1.165) is 35.2 Å². The number of rotatable bonds is 8. The zero-order valence-corrected chi connectivity index (χ0v) is 19.0. The molecule has 0 aliphatic heterocycles. The van der Waals surface area contributed by atoms with E-state index in [2.05, 4.69) is 5.32 Å². The lowest BCUT2D eigenvalue weighted by Gasteiger charge is -2.39. The average molecular weight is 504 g/mol. The molecule has 190 valence electrons. The van der Waals surface area contributed by atoms with E-state index >= 15 is 0 Å². The number of hydrogen-bond donors (Lipinski definition) is 6. The Morgan fingerprint density at radius 2 is 1.42 bits per heavy atom. The first-order valence-electron chi connectivity index (χ1n) is 11.1. The second-order valence-corrected chi connectivity index (χ2v) is 8.48. The maximum atomic E-state index is 14.3. The van der Waals surface area contributed by atoms with Crippen LogP contribution in [-0.2, 0) is 4.79 Å². The lowest BCUT2D eigenvalue weighted by molar-refractivity contribution is -0.138. The van der Waals surface area contributed by atoms with E-state index in [1.165, 1.54) is 6.07 Å². The van der Waals surface area contributed by atoms with E-state index < -0.39 is 73.2 Å². The summed E-state index contributed by atoms with van der Waals surface area (Å²) >= 11 is 0. The third-order valence-corrected chi connectivity index (χ3v) is 6.08. The highest BCUT2D eigenvalue weighted by Gasteiger charge is 2.36. The molecule has 1 saturated carbocycles. The van der Waals surface area contributed by atoms with Crippen LogP contribution in [0.4, 0.5) is 8.78 Å². The predicted octanol–water partition coefficient (Wildman–Crippen LogP) is -1.41. The molecular weight excluding hydrogens is 480 g/mol. The first kappa shape index (κ1) is 27.3. The number of carbonyl (C=O) groups excluding carboxylic acids is 2. The number of nitrogens with zero attached hydrogens (tertiary/aromatic N) is 1. The summed E-state index contributed by atoms with van der Waals surface area (Å²) in [6.45, 7) is -0.737. The average Bonchev–Trinajstić information content (AvgIpc) is 2.81. The molecule has 3 rings (SSSR count). The highest BCUT2D eigenvalue weighted by atomic mass is 19.1. The van der Waals surface area contributed by atoms with Gasteiger partial charge in [-0.2, -0.15) is 0 Å². The quantitative estimate of drug-likeness (QED) is 0.239. The minimum absolute atomic E-state index is 0.113. The monoisotopic (exact) mass is 504 g/mol. The second kappa shape index (κ2) is 11.6. The van der Waals surface area contributed by atoms with Gasteiger partial charge in [0, 0.05) is 28.1 Å². The zero-order valence-electron chi connectivity index (χ0n) is 19.0. The molecule has 0 spiro atoms. The predicted molar refractivity (Wildman–Crippen MR) is 125 cm³/mol. The van der Waals surface area contributed by atoms with Gasteiger partial charge in [0.25, 0.3) is 11.8 Å². The Labute approximate surface area is 205 Å². The molecule has 0 radical (unpaired) electrons. The smallest absolute Gasteiger partial charge is 0.480 e. The fourth-order valence-corrected chi connectivity index (χ4v) is 4.30. The van der Waals surface area contributed by atoms with E-state index in [1.807, 2.05) is 0 Å². The molecule has 14 heteroatoms. The van der Waals surface area contributed by atoms with Crippen molar-refractivity contribution >= 4 is 42.9 Å². The molecule has 1 fully saturated rings. The van der Waals surface area contributed by atoms with Crippen LogP contribution in [-0.4, -0.2) is 80.8 Å². The minimum atomic E-state index is -2.10. The van der Waals surface area contributed by atoms with Crippen molar-refractivity contribution < 1.29 is 48.4 Å². The van der Waals surface area contributed by atoms with Crippen molar-refractivity contribution in [2.24, 2.45) is 0 Å². The van der Waals surface area contributed by atoms with E-state index in [9.17, 15) is 38.3 Å². The van der Waals surface area contributed by atoms with Gasteiger partial charge in [-0.15, -0.1) is 0 Å². The summed E-state index contributed by atoms with van der Waals surface area (Å²) in [6.07, 6.45) is 2.02. The van der Waals surface area contributed by atoms with Crippen LogP contribution in [0, 0.1) is 11.6 Å². The molecule has 1 aliphatic rings. The minimum Gasteiger partial charge on any atom is -0.480 e. The fourth-order valence-electron chi connectivity index (χ4n) is 4.30. The van der Waals surface area contributed by atoms with E-state index in [4.69, 9.17) is 10.0 Å². The first-order chi connectivity index (χ1) is 17.0. The van der Waals surface area contributed by atoms with Gasteiger partial charge in [-0.1, -0.05) is 25.0 Å². The Bertz CT molecular complexity index is 1150. The van der Waals surface area contributed by atoms with E-state index in [1.54, 1.807) is 0 Å². The Morgan fingerprint density at radius 3 is 1.94 bits per heavy atom. The topological polar surface area (TPSA) is 168 Å². The van der Waals surface area contributed by atoms with Crippen molar-refractivity contribution in [3.63, 3.8) is 0 Å². The number of nitrogens with one attached hydrogen (secondary N) is 1. The van der Waals surface area contributed by atoms with E-state index in [0.29, 0.717) is 25.7 Å². The van der Waals surface area contributed by atoms with Crippen molar-refractivity contribution in [3.05, 3.63) is 59.2 Å². The summed E-state index contributed by atoms with van der Waals surface area (Å²) in [5.74, 6) is -4.92. The summed E-state index contributed by atoms with van der Waals surface area (Å²) in [4.78, 5) is 38.6. The molecule has 2 aromatic rings. The van der Waals surface area contributed by atoms with Crippen LogP contribution < -0.4 is 16.2 Å². The summed E-state index contributed by atoms with van der Waals surface area (Å²) in [5.41, 5.74) is -1.19. The second-order valence-electron chi connectivity index (χ2n) is 8.48. The molecule has 0 aromatic heterocycles. The number of aliphatic carboxylic acids is 1. The maximum absolute atomic E-state index is 14.3. The van der Waals surface area contributed by atoms with Crippen molar-refractivity contribution in [1.29, 1.82) is 0 Å². The number of halogens is 2. The normalized spacial score (nSPS) is 17.3. The number of carboxylic acids is 1. The Balaban J connectivity index is 1.86. The molecule has 1 aliphatic carbocycles. The molecule has 0 bridgehead atoms. The number of carbonyl (C=O) groups is 3. The van der Waals surface area contributed by atoms with Crippen molar-refractivity contribution in [3.8, 4) is 0 Å². The van der Waals surface area contributed by atoms with Gasteiger partial charge < -0.3 is 35.4 Å². The lowest BCUT2D eigenvalue weighted by Crippen LogP contribution is -2.56. The summed E-state index contributed by atoms with van der Waals surface area (Å²) in [6, 6.07) is 4.54. The molecule has 6 N–H and O–H groups in total. The maximum Gasteiger partial charge on any atom is 0.491 e. The molecular formula is C22H24B2F2N2O8. The first-order valence-corrected chi connectivity index (χ1v) is 11.1. The van der Waals surface area contributed by atoms with Gasteiger partial charge in [-0.05, 0) is 37.1 Å². The Kier molecular flexibility index (Phi) is 8.79. The summed E-state index contributed by atoms with van der Waals surface area (Å²) in [5, 5.41) is 48.8. The summed E-state index contributed by atoms with van der Waals surface area (Å²) in [7, 11) is -4.15. The van der Waals surface area contributed by atoms with Crippen LogP contribution in [0.3, 0.4) is 0 Å². The molecule has 0 heterocycles. The molecule has 0 saturated heterocycles. The molecule has 0 unspecified atom stereocenters. The van der Waals surface area contributed by atoms with Gasteiger partial charge in [0.1, 0.15) is 18.2 Å². The Hall–Kier alpha value is -3.32. The summed E-state index contributed by atoms with van der Waals surface area (Å²) < 4.78 is 28.4. The third-order valence-electron chi connectivity index (χ3n) is 6.08. The third kappa shape index (κ3) is 6.26. The standard InChI is InChI=1S/C22H24B2F2N2O8/c25-16-9-12(5-7-14(16)23(33)34)21(31)27-18-3-1-2-4-19(18)28(11-20(29)30)22(32)13-6-8-15(24(35)36)17(26)10-13/h5-10,18-19,33-36H,1-4,11H2,(H,27,31)(H,29,30)/t18-,19+/m1/s1. The van der Waals surface area contributed by atoms with Crippen LogP contribution in [0.15, 0.2) is 36.4 Å². The van der Waals surface area contributed by atoms with Gasteiger partial charge in [-0.3, -0.25) is 14.4 Å². The van der Waals surface area contributed by atoms with Crippen molar-refractivity contribution in [2.45, 2.75) is 37.8 Å². The Morgan fingerprint density at radius 1 is 0.889 bits per heavy atom. The van der Waals surface area contributed by atoms with E-state index in [-0.39, 0.29) is 11.1 Å². The van der Waals surface area contributed by atoms with Crippen molar-refractivity contribution in [1.82, 2.24) is 10.2 Å². The molecule has 10 nitrogen and oxygen atoms in total. The molecule has 2 amide bonds. The zero-order chi connectivity index (χ0) is 26.6. The van der Waals surface area contributed by atoms with Crippen LogP contribution in [0.5, 0.6) is 0 Å². The SMILES string of the molecule is O=C(O)CN(C(=O)c1ccc(B(O)O)c(F)c1)[C@H]1CCCC[C@H]1NC(=O)c1ccc(B(O)O)c(F)c1. The number of carboxylic acid groups (broad SMARTS) is 1. The highest BCUT2D eigenvalue weighted by molar-refractivity contribution is 6.59. The number of benzene rings is 2. The van der Waals surface area contributed by atoms with Gasteiger partial charge in [0.05, 0.1) is 6.04 Å². The van der Waals surface area contributed by atoms with Crippen LogP contribution in [0.2, 0.25) is 0 Å². The van der Waals surface area contributed by atoms with Crippen LogP contribution in [0.25, 0.3) is 0 Å². The van der Waals surface area contributed by atoms with Gasteiger partial charge in [0.15, 0.2) is 0 Å². The van der Waals surface area contributed by atoms with Gasteiger partial charge in [0.2, 0.25) is 0 Å². The number of amides is 2. The molecule has 2 aromatic carbocycles. The van der Waals surface area contributed by atoms with Gasteiger partial charge in [-0.25, -0.2) is 8.78 Å². The van der Waals surface area contributed by atoms with Crippen molar-refractivity contribution in [2.75, 3.05) is 6.54 Å². The lowest BCUT2D eigenvalue weighted by atomic mass is 9.79. The highest BCUT2D eigenvalue weighted by Crippen LogP contribution is 2.25. The fraction of sp³-hybridized carbons (Fsp3) is 0.318.